The van der Waals surface area contributed by atoms with Gasteiger partial charge in [-0.25, -0.2) is 8.42 Å². The van der Waals surface area contributed by atoms with Crippen LogP contribution in [0.1, 0.15) is 44.1 Å². The monoisotopic (exact) mass is 388 g/mol. The van der Waals surface area contributed by atoms with E-state index in [9.17, 15) is 8.42 Å². The lowest BCUT2D eigenvalue weighted by Crippen LogP contribution is -2.22. The van der Waals surface area contributed by atoms with E-state index in [0.29, 0.717) is 15.9 Å². The molecule has 1 saturated carbocycles. The first kappa shape index (κ1) is 19.9. The smallest absolute Gasteiger partial charge is 0.206 e. The fraction of sp³-hybridized carbons (Fsp3) is 0.455. The summed E-state index contributed by atoms with van der Waals surface area (Å²) < 4.78 is 37.1. The summed E-state index contributed by atoms with van der Waals surface area (Å²) in [5, 5.41) is 0. The van der Waals surface area contributed by atoms with Crippen LogP contribution >= 0.6 is 0 Å². The molecule has 0 radical (unpaired) electrons. The van der Waals surface area contributed by atoms with Crippen LogP contribution in [0.15, 0.2) is 58.3 Å². The molecule has 2 aromatic carbocycles. The maximum absolute atomic E-state index is 12.7. The molecule has 2 aromatic rings. The Hall–Kier alpha value is -1.85. The summed E-state index contributed by atoms with van der Waals surface area (Å²) in [6.45, 7) is 1.94. The van der Waals surface area contributed by atoms with E-state index < -0.39 is 9.84 Å². The molecule has 4 nitrogen and oxygen atoms in total. The molecule has 0 spiro atoms. The lowest BCUT2D eigenvalue weighted by atomic mass is 9.96. The summed E-state index contributed by atoms with van der Waals surface area (Å²) in [5.74, 6) is 0.728. The number of ether oxygens (including phenoxy) is 2. The minimum absolute atomic E-state index is 0.183. The third kappa shape index (κ3) is 5.11. The van der Waals surface area contributed by atoms with Crippen molar-refractivity contribution in [3.63, 3.8) is 0 Å². The van der Waals surface area contributed by atoms with Crippen molar-refractivity contribution in [3.05, 3.63) is 54.1 Å². The largest absolute Gasteiger partial charge is 0.490 e. The zero-order valence-electron chi connectivity index (χ0n) is 16.1. The van der Waals surface area contributed by atoms with Gasteiger partial charge in [-0.3, -0.25) is 0 Å². The van der Waals surface area contributed by atoms with Crippen LogP contribution in [0.25, 0.3) is 0 Å². The average Bonchev–Trinajstić information content (AvgIpc) is 2.64. The second-order valence-corrected chi connectivity index (χ2v) is 9.20. The maximum atomic E-state index is 12.7. The van der Waals surface area contributed by atoms with Gasteiger partial charge in [0.25, 0.3) is 0 Å². The Morgan fingerprint density at radius 2 is 1.26 bits per heavy atom. The molecule has 146 valence electrons. The summed E-state index contributed by atoms with van der Waals surface area (Å²) in [6.07, 6.45) is 6.88. The molecule has 0 N–H and O–H groups in total. The first-order valence-electron chi connectivity index (χ1n) is 9.60. The molecular weight excluding hydrogens is 360 g/mol. The van der Waals surface area contributed by atoms with Crippen LogP contribution < -0.4 is 4.74 Å². The SMILES string of the molecule is CO[C@H]1CCC[C@@H](Oc2ccc(S(=O)(=O)c3ccc(C)cc3)cc2)CCC1. The minimum atomic E-state index is -3.49. The van der Waals surface area contributed by atoms with Gasteiger partial charge in [0.2, 0.25) is 9.84 Å². The van der Waals surface area contributed by atoms with E-state index in [1.54, 1.807) is 43.5 Å². The molecule has 1 aliphatic carbocycles. The van der Waals surface area contributed by atoms with Gasteiger partial charge >= 0.3 is 0 Å². The van der Waals surface area contributed by atoms with Gasteiger partial charge in [0.05, 0.1) is 22.0 Å². The highest BCUT2D eigenvalue weighted by Crippen LogP contribution is 2.26. The Bertz CT molecular complexity index is 816. The van der Waals surface area contributed by atoms with Crippen molar-refractivity contribution >= 4 is 9.84 Å². The van der Waals surface area contributed by atoms with Crippen LogP contribution in [0.4, 0.5) is 0 Å². The van der Waals surface area contributed by atoms with Gasteiger partial charge in [-0.2, -0.15) is 0 Å². The standard InChI is InChI=1S/C22H28O4S/c1-17-9-13-21(14-10-17)27(23,24)22-15-11-20(12-16-22)26-19-7-3-5-18(25-2)6-4-8-19/h9-16,18-19H,3-8H2,1-2H3/t18-,19+. The van der Waals surface area contributed by atoms with Crippen molar-refractivity contribution in [1.29, 1.82) is 0 Å². The van der Waals surface area contributed by atoms with Crippen LogP contribution in [0.2, 0.25) is 0 Å². The van der Waals surface area contributed by atoms with E-state index in [4.69, 9.17) is 9.47 Å². The summed E-state index contributed by atoms with van der Waals surface area (Å²) in [6, 6.07) is 13.7. The predicted molar refractivity (Wildman–Crippen MR) is 106 cm³/mol. The molecule has 0 aromatic heterocycles. The lowest BCUT2D eigenvalue weighted by Gasteiger charge is -2.24. The van der Waals surface area contributed by atoms with Crippen molar-refractivity contribution < 1.29 is 17.9 Å². The third-order valence-electron chi connectivity index (χ3n) is 5.21. The van der Waals surface area contributed by atoms with Crippen LogP contribution in [0, 0.1) is 6.92 Å². The Kier molecular flexibility index (Phi) is 6.55. The molecule has 0 amide bonds. The number of rotatable bonds is 5. The fourth-order valence-electron chi connectivity index (χ4n) is 3.53. The molecule has 1 aliphatic rings. The van der Waals surface area contributed by atoms with E-state index >= 15 is 0 Å². The normalized spacial score (nSPS) is 21.3. The van der Waals surface area contributed by atoms with Crippen LogP contribution in [-0.2, 0) is 14.6 Å². The predicted octanol–water partition coefficient (Wildman–Crippen LogP) is 4.94. The first-order chi connectivity index (χ1) is 13.0. The molecule has 0 heterocycles. The van der Waals surface area contributed by atoms with Crippen LogP contribution in [0.5, 0.6) is 5.75 Å². The van der Waals surface area contributed by atoms with E-state index in [-0.39, 0.29) is 6.10 Å². The number of sulfone groups is 1. The number of hydrogen-bond donors (Lipinski definition) is 0. The van der Waals surface area contributed by atoms with Gasteiger partial charge in [-0.1, -0.05) is 17.7 Å². The Labute approximate surface area is 162 Å². The van der Waals surface area contributed by atoms with E-state index in [0.717, 1.165) is 49.8 Å². The molecule has 1 fully saturated rings. The first-order valence-corrected chi connectivity index (χ1v) is 11.1. The molecule has 27 heavy (non-hydrogen) atoms. The van der Waals surface area contributed by atoms with Crippen molar-refractivity contribution in [2.75, 3.05) is 7.11 Å². The quantitative estimate of drug-likeness (QED) is 0.728. The molecule has 0 aliphatic heterocycles. The highest BCUT2D eigenvalue weighted by molar-refractivity contribution is 7.91. The van der Waals surface area contributed by atoms with Gasteiger partial charge in [-0.15, -0.1) is 0 Å². The van der Waals surface area contributed by atoms with Crippen molar-refractivity contribution in [3.8, 4) is 5.75 Å². The molecule has 3 rings (SSSR count). The van der Waals surface area contributed by atoms with Crippen LogP contribution in [-0.4, -0.2) is 27.7 Å². The van der Waals surface area contributed by atoms with Crippen LogP contribution in [0.3, 0.4) is 0 Å². The van der Waals surface area contributed by atoms with Gasteiger partial charge in [0, 0.05) is 7.11 Å². The molecule has 0 unspecified atom stereocenters. The maximum Gasteiger partial charge on any atom is 0.206 e. The fourth-order valence-corrected chi connectivity index (χ4v) is 4.79. The summed E-state index contributed by atoms with van der Waals surface area (Å²) in [7, 11) is -1.71. The van der Waals surface area contributed by atoms with Gasteiger partial charge < -0.3 is 9.47 Å². The van der Waals surface area contributed by atoms with Crippen molar-refractivity contribution in [2.24, 2.45) is 0 Å². The Balaban J connectivity index is 1.65. The Morgan fingerprint density at radius 3 is 1.78 bits per heavy atom. The lowest BCUT2D eigenvalue weighted by molar-refractivity contribution is 0.0643. The number of methoxy groups -OCH3 is 1. The van der Waals surface area contributed by atoms with Crippen molar-refractivity contribution in [2.45, 2.75) is 67.4 Å². The molecular formula is C22H28O4S. The molecule has 5 heteroatoms. The van der Waals surface area contributed by atoms with Crippen molar-refractivity contribution in [1.82, 2.24) is 0 Å². The average molecular weight is 389 g/mol. The third-order valence-corrected chi connectivity index (χ3v) is 6.99. The molecule has 0 saturated heterocycles. The minimum Gasteiger partial charge on any atom is -0.490 e. The van der Waals surface area contributed by atoms with E-state index in [2.05, 4.69) is 0 Å². The second-order valence-electron chi connectivity index (χ2n) is 7.25. The molecule has 0 bridgehead atoms. The summed E-state index contributed by atoms with van der Waals surface area (Å²) in [4.78, 5) is 0.605. The van der Waals surface area contributed by atoms with E-state index in [1.165, 1.54) is 0 Å². The number of benzene rings is 2. The van der Waals surface area contributed by atoms with Gasteiger partial charge in [-0.05, 0) is 81.8 Å². The van der Waals surface area contributed by atoms with E-state index in [1.807, 2.05) is 19.1 Å². The van der Waals surface area contributed by atoms with Gasteiger partial charge in [0.15, 0.2) is 0 Å². The topological polar surface area (TPSA) is 52.6 Å². The second kappa shape index (κ2) is 8.89. The number of hydrogen-bond acceptors (Lipinski definition) is 4. The van der Waals surface area contributed by atoms with Gasteiger partial charge in [0.1, 0.15) is 5.75 Å². The molecule has 0 atom stereocenters. The summed E-state index contributed by atoms with van der Waals surface area (Å²) >= 11 is 0. The summed E-state index contributed by atoms with van der Waals surface area (Å²) in [5.41, 5.74) is 1.04. The zero-order chi connectivity index (χ0) is 19.3. The number of aryl methyl sites for hydroxylation is 1. The highest BCUT2D eigenvalue weighted by atomic mass is 32.2. The highest BCUT2D eigenvalue weighted by Gasteiger charge is 2.19. The zero-order valence-corrected chi connectivity index (χ0v) is 16.9. The Morgan fingerprint density at radius 1 is 0.778 bits per heavy atom.